The van der Waals surface area contributed by atoms with Crippen molar-refractivity contribution in [3.05, 3.63) is 18.2 Å². The maximum Gasteiger partial charge on any atom is 0.244 e. The van der Waals surface area contributed by atoms with E-state index >= 15 is 0 Å². The maximum absolute atomic E-state index is 12.9. The molecular weight excluding hydrogens is 304 g/mol. The van der Waals surface area contributed by atoms with Gasteiger partial charge in [0.25, 0.3) is 0 Å². The number of aryl methyl sites for hydroxylation is 1. The smallest absolute Gasteiger partial charge is 0.244 e. The minimum atomic E-state index is -0.00536. The monoisotopic (exact) mass is 328 g/mol. The topological polar surface area (TPSA) is 59.4 Å². The summed E-state index contributed by atoms with van der Waals surface area (Å²) >= 11 is 0. The molecule has 0 bridgehead atoms. The van der Waals surface area contributed by atoms with Gasteiger partial charge in [-0.05, 0) is 56.8 Å². The summed E-state index contributed by atoms with van der Waals surface area (Å²) in [6, 6.07) is 5.80. The molecule has 24 heavy (non-hydrogen) atoms. The van der Waals surface area contributed by atoms with Crippen molar-refractivity contribution in [2.75, 3.05) is 25.5 Å². The van der Waals surface area contributed by atoms with Crippen LogP contribution in [0.25, 0.3) is 11.0 Å². The first kappa shape index (κ1) is 15.4. The molecule has 1 amide bonds. The summed E-state index contributed by atoms with van der Waals surface area (Å²) < 4.78 is 7.30. The van der Waals surface area contributed by atoms with E-state index in [1.807, 2.05) is 29.8 Å². The predicted molar refractivity (Wildman–Crippen MR) is 93.2 cm³/mol. The number of rotatable bonds is 5. The Bertz CT molecular complexity index is 760. The normalized spacial score (nSPS) is 19.6. The Balaban J connectivity index is 1.61. The summed E-state index contributed by atoms with van der Waals surface area (Å²) in [6.45, 7) is 2.07. The number of benzene rings is 1. The van der Waals surface area contributed by atoms with Gasteiger partial charge in [-0.2, -0.15) is 0 Å². The van der Waals surface area contributed by atoms with Gasteiger partial charge in [0.1, 0.15) is 11.3 Å². The molecule has 1 aromatic carbocycles. The van der Waals surface area contributed by atoms with Gasteiger partial charge < -0.3 is 9.30 Å². The minimum absolute atomic E-state index is 0.00536. The number of amides is 1. The number of aromatic nitrogens is 2. The van der Waals surface area contributed by atoms with Crippen LogP contribution in [-0.2, 0) is 11.8 Å². The fourth-order valence-electron chi connectivity index (χ4n) is 3.76. The zero-order valence-corrected chi connectivity index (χ0v) is 14.3. The Hall–Kier alpha value is -2.08. The molecule has 0 radical (unpaired) electrons. The fourth-order valence-corrected chi connectivity index (χ4v) is 3.76. The van der Waals surface area contributed by atoms with Crippen molar-refractivity contribution in [3.8, 4) is 5.75 Å². The Morgan fingerprint density at radius 2 is 2.08 bits per heavy atom. The number of nitrogens with one attached hydrogen (secondary N) is 1. The fraction of sp³-hybridized carbons (Fsp3) is 0.556. The second-order valence-electron chi connectivity index (χ2n) is 6.84. The molecule has 1 unspecified atom stereocenters. The quantitative estimate of drug-likeness (QED) is 0.915. The molecule has 0 spiro atoms. The summed E-state index contributed by atoms with van der Waals surface area (Å²) in [5.41, 5.74) is 1.73. The van der Waals surface area contributed by atoms with Crippen LogP contribution >= 0.6 is 0 Å². The lowest BCUT2D eigenvalue weighted by atomic mass is 10.1. The molecule has 4 rings (SSSR count). The van der Waals surface area contributed by atoms with Crippen LogP contribution in [-0.4, -0.2) is 46.6 Å². The summed E-state index contributed by atoms with van der Waals surface area (Å²) in [7, 11) is 3.56. The van der Waals surface area contributed by atoms with E-state index in [4.69, 9.17) is 4.74 Å². The van der Waals surface area contributed by atoms with Crippen LogP contribution in [0.2, 0.25) is 0 Å². The second kappa shape index (κ2) is 6.09. The van der Waals surface area contributed by atoms with Crippen molar-refractivity contribution >= 4 is 22.9 Å². The number of hydrogen-bond acceptors (Lipinski definition) is 4. The highest BCUT2D eigenvalue weighted by atomic mass is 16.5. The lowest BCUT2D eigenvalue weighted by molar-refractivity contribution is -0.121. The van der Waals surface area contributed by atoms with Gasteiger partial charge in [0.05, 0.1) is 18.7 Å². The second-order valence-corrected chi connectivity index (χ2v) is 6.84. The first-order valence-electron chi connectivity index (χ1n) is 8.73. The van der Waals surface area contributed by atoms with Crippen LogP contribution in [0.1, 0.15) is 25.7 Å². The van der Waals surface area contributed by atoms with E-state index in [9.17, 15) is 4.79 Å². The first-order valence-corrected chi connectivity index (χ1v) is 8.73. The van der Waals surface area contributed by atoms with Gasteiger partial charge in [-0.3, -0.25) is 15.0 Å². The molecule has 2 aliphatic rings. The number of hydrogen-bond donors (Lipinski definition) is 1. The number of likely N-dealkylation sites (tertiary alicyclic amines) is 1. The summed E-state index contributed by atoms with van der Waals surface area (Å²) in [5, 5.41) is 3.06. The molecule has 1 saturated heterocycles. The average Bonchev–Trinajstić information content (AvgIpc) is 3.16. The van der Waals surface area contributed by atoms with Crippen molar-refractivity contribution in [3.63, 3.8) is 0 Å². The lowest BCUT2D eigenvalue weighted by Crippen LogP contribution is -2.44. The van der Waals surface area contributed by atoms with Crippen molar-refractivity contribution < 1.29 is 9.53 Å². The van der Waals surface area contributed by atoms with E-state index in [1.54, 1.807) is 7.11 Å². The van der Waals surface area contributed by atoms with Gasteiger partial charge in [0.15, 0.2) is 0 Å². The third-order valence-corrected chi connectivity index (χ3v) is 5.20. The predicted octanol–water partition coefficient (Wildman–Crippen LogP) is 2.39. The number of nitrogens with zero attached hydrogens (tertiary/aromatic N) is 3. The van der Waals surface area contributed by atoms with E-state index in [0.29, 0.717) is 11.9 Å². The zero-order chi connectivity index (χ0) is 16.7. The molecule has 1 aliphatic heterocycles. The van der Waals surface area contributed by atoms with Gasteiger partial charge in [-0.15, -0.1) is 0 Å². The Kier molecular flexibility index (Phi) is 3.92. The molecular formula is C18H24N4O2. The summed E-state index contributed by atoms with van der Waals surface area (Å²) in [5.74, 6) is 1.90. The minimum Gasteiger partial charge on any atom is -0.494 e. The molecule has 6 heteroatoms. The van der Waals surface area contributed by atoms with Crippen molar-refractivity contribution in [1.82, 2.24) is 14.5 Å². The van der Waals surface area contributed by atoms with Crippen LogP contribution in [0.4, 0.5) is 5.95 Å². The maximum atomic E-state index is 12.9. The van der Waals surface area contributed by atoms with Gasteiger partial charge in [-0.25, -0.2) is 4.98 Å². The Labute approximate surface area is 141 Å². The lowest BCUT2D eigenvalue weighted by Gasteiger charge is -2.26. The van der Waals surface area contributed by atoms with Gasteiger partial charge in [-0.1, -0.05) is 6.07 Å². The average molecular weight is 328 g/mol. The van der Waals surface area contributed by atoms with Crippen LogP contribution in [0.3, 0.4) is 0 Å². The molecule has 6 nitrogen and oxygen atoms in total. The number of ether oxygens (including phenoxy) is 1. The highest BCUT2D eigenvalue weighted by Gasteiger charge is 2.41. The molecule has 1 saturated carbocycles. The van der Waals surface area contributed by atoms with Crippen LogP contribution < -0.4 is 10.1 Å². The largest absolute Gasteiger partial charge is 0.494 e. The van der Waals surface area contributed by atoms with Gasteiger partial charge >= 0.3 is 0 Å². The third-order valence-electron chi connectivity index (χ3n) is 5.20. The number of carbonyl (C=O) groups is 1. The van der Waals surface area contributed by atoms with Crippen LogP contribution in [0, 0.1) is 5.92 Å². The van der Waals surface area contributed by atoms with Crippen molar-refractivity contribution in [2.45, 2.75) is 31.7 Å². The van der Waals surface area contributed by atoms with Crippen molar-refractivity contribution in [1.29, 1.82) is 0 Å². The van der Waals surface area contributed by atoms with Crippen LogP contribution in [0.5, 0.6) is 5.75 Å². The molecule has 2 fully saturated rings. The Morgan fingerprint density at radius 3 is 2.75 bits per heavy atom. The Morgan fingerprint density at radius 1 is 1.33 bits per heavy atom. The van der Waals surface area contributed by atoms with E-state index in [-0.39, 0.29) is 11.9 Å². The van der Waals surface area contributed by atoms with Crippen molar-refractivity contribution in [2.24, 2.45) is 13.0 Å². The zero-order valence-electron chi connectivity index (χ0n) is 14.3. The summed E-state index contributed by atoms with van der Waals surface area (Å²) in [6.07, 6.45) is 4.70. The van der Waals surface area contributed by atoms with Crippen LogP contribution in [0.15, 0.2) is 18.2 Å². The van der Waals surface area contributed by atoms with Gasteiger partial charge in [0, 0.05) is 7.05 Å². The van der Waals surface area contributed by atoms with Gasteiger partial charge in [0.2, 0.25) is 11.9 Å². The number of methoxy groups -OCH3 is 1. The number of carbonyl (C=O) groups excluding carboxylic acids is 1. The molecule has 1 aromatic heterocycles. The first-order chi connectivity index (χ1) is 11.7. The molecule has 1 atom stereocenters. The van der Waals surface area contributed by atoms with E-state index in [2.05, 4.69) is 15.2 Å². The van der Waals surface area contributed by atoms with E-state index in [1.165, 1.54) is 12.8 Å². The standard InChI is InChI=1S/C18H24N4O2/c1-21-13-6-5-7-14(24-2)15(13)19-18(21)20-17(23)16(12-8-9-12)22-10-3-4-11-22/h5-7,12,16H,3-4,8-11H2,1-2H3,(H,19,20,23). The summed E-state index contributed by atoms with van der Waals surface area (Å²) in [4.78, 5) is 19.9. The number of anilines is 1. The SMILES string of the molecule is COc1cccc2c1nc(NC(=O)C(C1CC1)N1CCCC1)n2C. The molecule has 2 heterocycles. The number of fused-ring (bicyclic) bond motifs is 1. The molecule has 128 valence electrons. The third kappa shape index (κ3) is 2.65. The highest BCUT2D eigenvalue weighted by Crippen LogP contribution is 2.37. The van der Waals surface area contributed by atoms with E-state index in [0.717, 1.165) is 42.7 Å². The number of para-hydroxylation sites is 1. The molecule has 1 N–H and O–H groups in total. The number of imidazole rings is 1. The highest BCUT2D eigenvalue weighted by molar-refractivity contribution is 5.96. The molecule has 1 aliphatic carbocycles. The molecule has 2 aromatic rings. The van der Waals surface area contributed by atoms with E-state index < -0.39 is 0 Å².